The molecule has 1 aromatic carbocycles. The standard InChI is InChI=1S/C20H26N4O3/c1-2-14-6-5-9-16(12-14)22-19(26)11-10-18(25)21-13-17-23-20(27-24-17)15-7-3-4-8-15/h5-6,9,12,15H,2-4,7-8,10-11,13H2,1H3,(H,21,25)(H,22,26). The number of nitrogens with one attached hydrogen (secondary N) is 2. The molecule has 1 aliphatic rings. The summed E-state index contributed by atoms with van der Waals surface area (Å²) in [6, 6.07) is 7.70. The second kappa shape index (κ2) is 9.30. The zero-order chi connectivity index (χ0) is 19.1. The molecule has 2 amide bonds. The van der Waals surface area contributed by atoms with Crippen LogP contribution in [0.1, 0.15) is 68.6 Å². The summed E-state index contributed by atoms with van der Waals surface area (Å²) in [5, 5.41) is 9.48. The van der Waals surface area contributed by atoms with Crippen molar-refractivity contribution in [3.63, 3.8) is 0 Å². The van der Waals surface area contributed by atoms with Crippen LogP contribution in [-0.2, 0) is 22.6 Å². The normalized spacial score (nSPS) is 14.3. The summed E-state index contributed by atoms with van der Waals surface area (Å²) >= 11 is 0. The Labute approximate surface area is 158 Å². The molecule has 1 heterocycles. The van der Waals surface area contributed by atoms with Crippen LogP contribution in [0.15, 0.2) is 28.8 Å². The fourth-order valence-corrected chi connectivity index (χ4v) is 3.26. The summed E-state index contributed by atoms with van der Waals surface area (Å²) in [4.78, 5) is 28.3. The third-order valence-corrected chi connectivity index (χ3v) is 4.83. The monoisotopic (exact) mass is 370 g/mol. The van der Waals surface area contributed by atoms with E-state index in [0.717, 1.165) is 30.5 Å². The molecule has 0 radical (unpaired) electrons. The Morgan fingerprint density at radius 3 is 2.74 bits per heavy atom. The second-order valence-electron chi connectivity index (χ2n) is 6.91. The molecule has 2 N–H and O–H groups in total. The number of benzene rings is 1. The lowest BCUT2D eigenvalue weighted by Gasteiger charge is -2.07. The summed E-state index contributed by atoms with van der Waals surface area (Å²) in [6.07, 6.45) is 5.72. The number of nitrogens with zero attached hydrogens (tertiary/aromatic N) is 2. The molecule has 0 atom stereocenters. The minimum absolute atomic E-state index is 0.118. The van der Waals surface area contributed by atoms with Crippen molar-refractivity contribution in [3.05, 3.63) is 41.5 Å². The summed E-state index contributed by atoms with van der Waals surface area (Å²) < 4.78 is 5.29. The zero-order valence-corrected chi connectivity index (χ0v) is 15.7. The fourth-order valence-electron chi connectivity index (χ4n) is 3.26. The second-order valence-corrected chi connectivity index (χ2v) is 6.91. The highest BCUT2D eigenvalue weighted by Gasteiger charge is 2.23. The first-order valence-electron chi connectivity index (χ1n) is 9.62. The van der Waals surface area contributed by atoms with Crippen LogP contribution in [0.2, 0.25) is 0 Å². The molecular weight excluding hydrogens is 344 g/mol. The zero-order valence-electron chi connectivity index (χ0n) is 15.7. The lowest BCUT2D eigenvalue weighted by atomic mass is 10.1. The van der Waals surface area contributed by atoms with Crippen LogP contribution in [0, 0.1) is 0 Å². The Morgan fingerprint density at radius 2 is 1.96 bits per heavy atom. The van der Waals surface area contributed by atoms with Crippen LogP contribution >= 0.6 is 0 Å². The SMILES string of the molecule is CCc1cccc(NC(=O)CCC(=O)NCc2noc(C3CCCC3)n2)c1. The van der Waals surface area contributed by atoms with E-state index in [1.54, 1.807) is 0 Å². The van der Waals surface area contributed by atoms with E-state index in [1.807, 2.05) is 24.3 Å². The molecule has 1 fully saturated rings. The first-order chi connectivity index (χ1) is 13.1. The summed E-state index contributed by atoms with van der Waals surface area (Å²) in [5.74, 6) is 1.12. The fraction of sp³-hybridized carbons (Fsp3) is 0.500. The van der Waals surface area contributed by atoms with Crippen LogP contribution in [0.4, 0.5) is 5.69 Å². The van der Waals surface area contributed by atoms with E-state index in [9.17, 15) is 9.59 Å². The molecule has 3 rings (SSSR count). The summed E-state index contributed by atoms with van der Waals surface area (Å²) in [5.41, 5.74) is 1.91. The average molecular weight is 370 g/mol. The van der Waals surface area contributed by atoms with Crippen molar-refractivity contribution in [3.8, 4) is 0 Å². The Hall–Kier alpha value is -2.70. The van der Waals surface area contributed by atoms with Gasteiger partial charge in [-0.05, 0) is 37.0 Å². The summed E-state index contributed by atoms with van der Waals surface area (Å²) in [6.45, 7) is 2.28. The number of amides is 2. The molecular formula is C20H26N4O3. The molecule has 2 aromatic rings. The van der Waals surface area contributed by atoms with Gasteiger partial charge in [0.15, 0.2) is 5.82 Å². The van der Waals surface area contributed by atoms with Crippen molar-refractivity contribution >= 4 is 17.5 Å². The van der Waals surface area contributed by atoms with E-state index in [2.05, 4.69) is 27.7 Å². The van der Waals surface area contributed by atoms with Crippen molar-refractivity contribution in [1.82, 2.24) is 15.5 Å². The van der Waals surface area contributed by atoms with Crippen LogP contribution in [-0.4, -0.2) is 22.0 Å². The minimum Gasteiger partial charge on any atom is -0.349 e. The lowest BCUT2D eigenvalue weighted by molar-refractivity contribution is -0.124. The quantitative estimate of drug-likeness (QED) is 0.743. The summed E-state index contributed by atoms with van der Waals surface area (Å²) in [7, 11) is 0. The molecule has 7 nitrogen and oxygen atoms in total. The van der Waals surface area contributed by atoms with Crippen molar-refractivity contribution < 1.29 is 14.1 Å². The molecule has 144 valence electrons. The average Bonchev–Trinajstić information content (AvgIpc) is 3.36. The van der Waals surface area contributed by atoms with Gasteiger partial charge >= 0.3 is 0 Å². The molecule has 7 heteroatoms. The van der Waals surface area contributed by atoms with Gasteiger partial charge < -0.3 is 15.2 Å². The van der Waals surface area contributed by atoms with Gasteiger partial charge in [-0.15, -0.1) is 0 Å². The van der Waals surface area contributed by atoms with Crippen molar-refractivity contribution in [2.75, 3.05) is 5.32 Å². The van der Waals surface area contributed by atoms with E-state index in [-0.39, 0.29) is 31.2 Å². The van der Waals surface area contributed by atoms with Crippen LogP contribution in [0.25, 0.3) is 0 Å². The van der Waals surface area contributed by atoms with Crippen molar-refractivity contribution in [1.29, 1.82) is 0 Å². The van der Waals surface area contributed by atoms with Gasteiger partial charge in [-0.1, -0.05) is 37.1 Å². The number of anilines is 1. The number of hydrogen-bond acceptors (Lipinski definition) is 5. The van der Waals surface area contributed by atoms with E-state index in [1.165, 1.54) is 12.8 Å². The van der Waals surface area contributed by atoms with E-state index in [4.69, 9.17) is 4.52 Å². The Kier molecular flexibility index (Phi) is 6.57. The highest BCUT2D eigenvalue weighted by molar-refractivity contribution is 5.93. The third kappa shape index (κ3) is 5.64. The van der Waals surface area contributed by atoms with Gasteiger partial charge in [0, 0.05) is 24.4 Å². The van der Waals surface area contributed by atoms with Gasteiger partial charge in [-0.25, -0.2) is 0 Å². The molecule has 0 saturated heterocycles. The lowest BCUT2D eigenvalue weighted by Crippen LogP contribution is -2.25. The van der Waals surface area contributed by atoms with Gasteiger partial charge in [0.1, 0.15) is 0 Å². The maximum Gasteiger partial charge on any atom is 0.229 e. The van der Waals surface area contributed by atoms with Crippen molar-refractivity contribution in [2.24, 2.45) is 0 Å². The molecule has 1 aromatic heterocycles. The van der Waals surface area contributed by atoms with Crippen LogP contribution in [0.5, 0.6) is 0 Å². The minimum atomic E-state index is -0.209. The number of carbonyl (C=O) groups excluding carboxylic acids is 2. The molecule has 1 saturated carbocycles. The van der Waals surface area contributed by atoms with Gasteiger partial charge in [0.2, 0.25) is 17.7 Å². The maximum absolute atomic E-state index is 12.0. The third-order valence-electron chi connectivity index (χ3n) is 4.83. The predicted molar refractivity (Wildman–Crippen MR) is 101 cm³/mol. The van der Waals surface area contributed by atoms with Gasteiger partial charge in [-0.3, -0.25) is 9.59 Å². The first-order valence-corrected chi connectivity index (χ1v) is 9.62. The highest BCUT2D eigenvalue weighted by atomic mass is 16.5. The van der Waals surface area contributed by atoms with Crippen LogP contribution < -0.4 is 10.6 Å². The smallest absolute Gasteiger partial charge is 0.229 e. The van der Waals surface area contributed by atoms with E-state index in [0.29, 0.717) is 17.6 Å². The molecule has 27 heavy (non-hydrogen) atoms. The predicted octanol–water partition coefficient (Wildman–Crippen LogP) is 3.32. The molecule has 1 aliphatic carbocycles. The molecule has 0 aliphatic heterocycles. The Bertz CT molecular complexity index is 781. The largest absolute Gasteiger partial charge is 0.349 e. The van der Waals surface area contributed by atoms with Crippen LogP contribution in [0.3, 0.4) is 0 Å². The maximum atomic E-state index is 12.0. The van der Waals surface area contributed by atoms with Gasteiger partial charge in [0.25, 0.3) is 0 Å². The Morgan fingerprint density at radius 1 is 1.19 bits per heavy atom. The molecule has 0 bridgehead atoms. The highest BCUT2D eigenvalue weighted by Crippen LogP contribution is 2.32. The number of rotatable bonds is 8. The first kappa shape index (κ1) is 19.1. The number of hydrogen-bond donors (Lipinski definition) is 2. The van der Waals surface area contributed by atoms with Gasteiger partial charge in [0.05, 0.1) is 6.54 Å². The topological polar surface area (TPSA) is 97.1 Å². The van der Waals surface area contributed by atoms with Gasteiger partial charge in [-0.2, -0.15) is 4.98 Å². The van der Waals surface area contributed by atoms with Crippen molar-refractivity contribution in [2.45, 2.75) is 64.3 Å². The molecule has 0 spiro atoms. The van der Waals surface area contributed by atoms with E-state index < -0.39 is 0 Å². The Balaban J connectivity index is 1.38. The van der Waals surface area contributed by atoms with E-state index >= 15 is 0 Å². The molecule has 0 unspecified atom stereocenters. The number of aromatic nitrogens is 2. The number of aryl methyl sites for hydroxylation is 1. The number of carbonyl (C=O) groups is 2.